The fourth-order valence-corrected chi connectivity index (χ4v) is 2.14. The Hall–Kier alpha value is -2.48. The molecule has 0 atom stereocenters. The number of carbonyl (C=O) groups is 1. The van der Waals surface area contributed by atoms with Crippen LogP contribution < -0.4 is 0 Å². The van der Waals surface area contributed by atoms with Gasteiger partial charge in [-0.05, 0) is 18.4 Å². The largest absolute Gasteiger partial charge is 0.287 e. The van der Waals surface area contributed by atoms with E-state index in [2.05, 4.69) is 4.98 Å². The van der Waals surface area contributed by atoms with Gasteiger partial charge in [-0.1, -0.05) is 54.1 Å². The molecule has 3 rings (SSSR count). The van der Waals surface area contributed by atoms with Crippen LogP contribution in [0.5, 0.6) is 0 Å². The van der Waals surface area contributed by atoms with Crippen LogP contribution in [0.1, 0.15) is 21.6 Å². The number of hydrogen-bond acceptors (Lipinski definition) is 2. The molecule has 0 aliphatic carbocycles. The van der Waals surface area contributed by atoms with Crippen molar-refractivity contribution in [3.05, 3.63) is 77.6 Å². The molecule has 0 aliphatic rings. The van der Waals surface area contributed by atoms with E-state index in [0.29, 0.717) is 11.3 Å². The average molecular weight is 247 g/mol. The summed E-state index contributed by atoms with van der Waals surface area (Å²) in [5.41, 5.74) is 2.33. The third-order valence-corrected chi connectivity index (χ3v) is 3.20. The molecule has 0 spiro atoms. The van der Waals surface area contributed by atoms with Gasteiger partial charge in [0.2, 0.25) is 5.78 Å². The lowest BCUT2D eigenvalue weighted by Gasteiger charge is -2.05. The molecule has 0 saturated heterocycles. The molecule has 0 saturated carbocycles. The molecule has 0 amide bonds. The molecule has 0 aliphatic heterocycles. The van der Waals surface area contributed by atoms with E-state index in [1.54, 1.807) is 6.20 Å². The number of aromatic nitrogens is 1. The highest BCUT2D eigenvalue weighted by molar-refractivity contribution is 6.14. The maximum Gasteiger partial charge on any atom is 0.211 e. The van der Waals surface area contributed by atoms with Gasteiger partial charge < -0.3 is 0 Å². The van der Waals surface area contributed by atoms with E-state index in [4.69, 9.17) is 0 Å². The van der Waals surface area contributed by atoms with Crippen molar-refractivity contribution in [2.45, 2.75) is 6.92 Å². The molecule has 92 valence electrons. The van der Waals surface area contributed by atoms with Gasteiger partial charge in [-0.3, -0.25) is 9.78 Å². The van der Waals surface area contributed by atoms with Gasteiger partial charge in [0.1, 0.15) is 5.69 Å². The minimum atomic E-state index is -0.0307. The lowest BCUT2D eigenvalue weighted by atomic mass is 10.0. The summed E-state index contributed by atoms with van der Waals surface area (Å²) in [7, 11) is 0. The van der Waals surface area contributed by atoms with E-state index < -0.39 is 0 Å². The normalized spacial score (nSPS) is 10.6. The molecule has 2 nitrogen and oxygen atoms in total. The van der Waals surface area contributed by atoms with Crippen molar-refractivity contribution in [3.63, 3.8) is 0 Å². The Bertz CT molecular complexity index is 739. The number of hydrogen-bond donors (Lipinski definition) is 0. The van der Waals surface area contributed by atoms with Crippen molar-refractivity contribution in [1.82, 2.24) is 4.98 Å². The van der Waals surface area contributed by atoms with Crippen molar-refractivity contribution in [3.8, 4) is 0 Å². The Kier molecular flexibility index (Phi) is 2.84. The number of ketones is 1. The Morgan fingerprint density at radius 2 is 1.68 bits per heavy atom. The topological polar surface area (TPSA) is 30.0 Å². The van der Waals surface area contributed by atoms with Crippen LogP contribution in [0.4, 0.5) is 0 Å². The van der Waals surface area contributed by atoms with Gasteiger partial charge >= 0.3 is 0 Å². The fraction of sp³-hybridized carbons (Fsp3) is 0.0588. The van der Waals surface area contributed by atoms with Gasteiger partial charge in [-0.15, -0.1) is 0 Å². The second-order valence-corrected chi connectivity index (χ2v) is 4.58. The molecule has 3 aromatic rings. The smallest absolute Gasteiger partial charge is 0.211 e. The van der Waals surface area contributed by atoms with E-state index in [1.165, 1.54) is 0 Å². The minimum absolute atomic E-state index is 0.0307. The third-order valence-electron chi connectivity index (χ3n) is 3.20. The van der Waals surface area contributed by atoms with E-state index in [9.17, 15) is 4.79 Å². The van der Waals surface area contributed by atoms with Crippen LogP contribution in [0.2, 0.25) is 0 Å². The van der Waals surface area contributed by atoms with Gasteiger partial charge in [0.15, 0.2) is 0 Å². The zero-order valence-electron chi connectivity index (χ0n) is 10.6. The van der Waals surface area contributed by atoms with Gasteiger partial charge in [-0.25, -0.2) is 0 Å². The number of nitrogens with zero attached hydrogens (tertiary/aromatic N) is 1. The van der Waals surface area contributed by atoms with Crippen LogP contribution >= 0.6 is 0 Å². The molecule has 0 N–H and O–H groups in total. The molecule has 0 unspecified atom stereocenters. The summed E-state index contributed by atoms with van der Waals surface area (Å²) in [4.78, 5) is 16.8. The Morgan fingerprint density at radius 1 is 0.947 bits per heavy atom. The van der Waals surface area contributed by atoms with Crippen LogP contribution in [-0.4, -0.2) is 10.8 Å². The number of rotatable bonds is 2. The van der Waals surface area contributed by atoms with Crippen molar-refractivity contribution in [2.24, 2.45) is 0 Å². The Labute approximate surface area is 111 Å². The Balaban J connectivity index is 2.14. The van der Waals surface area contributed by atoms with Crippen molar-refractivity contribution < 1.29 is 4.79 Å². The summed E-state index contributed by atoms with van der Waals surface area (Å²) >= 11 is 0. The first-order chi connectivity index (χ1) is 9.25. The number of carbonyl (C=O) groups excluding carboxylic acids is 1. The van der Waals surface area contributed by atoms with E-state index in [1.807, 2.05) is 61.5 Å². The van der Waals surface area contributed by atoms with Crippen molar-refractivity contribution >= 4 is 16.6 Å². The number of benzene rings is 2. The summed E-state index contributed by atoms with van der Waals surface area (Å²) in [5, 5.41) is 1.93. The molecule has 2 aromatic carbocycles. The maximum absolute atomic E-state index is 12.5. The number of fused-ring (bicyclic) bond motifs is 1. The lowest BCUT2D eigenvalue weighted by molar-refractivity contribution is 0.103. The lowest BCUT2D eigenvalue weighted by Crippen LogP contribution is -2.04. The molecular weight excluding hydrogens is 234 g/mol. The molecule has 0 bridgehead atoms. The predicted octanol–water partition coefficient (Wildman–Crippen LogP) is 3.77. The van der Waals surface area contributed by atoms with Gasteiger partial charge in [0.05, 0.1) is 0 Å². The molecule has 0 fully saturated rings. The minimum Gasteiger partial charge on any atom is -0.287 e. The molecule has 19 heavy (non-hydrogen) atoms. The number of aryl methyl sites for hydroxylation is 1. The SMILES string of the molecule is Cc1ccc(C(=O)c2nccc3ccccc23)cc1. The van der Waals surface area contributed by atoms with Crippen LogP contribution in [0.25, 0.3) is 10.8 Å². The summed E-state index contributed by atoms with van der Waals surface area (Å²) in [6, 6.07) is 17.3. The van der Waals surface area contributed by atoms with Crippen LogP contribution in [0, 0.1) is 6.92 Å². The van der Waals surface area contributed by atoms with Crippen LogP contribution in [0.3, 0.4) is 0 Å². The third kappa shape index (κ3) is 2.13. The summed E-state index contributed by atoms with van der Waals surface area (Å²) < 4.78 is 0. The average Bonchev–Trinajstić information content (AvgIpc) is 2.47. The zero-order chi connectivity index (χ0) is 13.2. The second kappa shape index (κ2) is 4.65. The molecular formula is C17H13NO. The van der Waals surface area contributed by atoms with E-state index in [0.717, 1.165) is 16.3 Å². The monoisotopic (exact) mass is 247 g/mol. The fourth-order valence-electron chi connectivity index (χ4n) is 2.14. The molecule has 1 aromatic heterocycles. The van der Waals surface area contributed by atoms with Gasteiger partial charge in [-0.2, -0.15) is 0 Å². The van der Waals surface area contributed by atoms with E-state index in [-0.39, 0.29) is 5.78 Å². The highest BCUT2D eigenvalue weighted by atomic mass is 16.1. The van der Waals surface area contributed by atoms with Gasteiger partial charge in [0, 0.05) is 17.1 Å². The number of pyridine rings is 1. The first kappa shape index (κ1) is 11.6. The highest BCUT2D eigenvalue weighted by Gasteiger charge is 2.13. The summed E-state index contributed by atoms with van der Waals surface area (Å²) in [6.07, 6.45) is 1.68. The predicted molar refractivity (Wildman–Crippen MR) is 76.4 cm³/mol. The first-order valence-electron chi connectivity index (χ1n) is 6.21. The first-order valence-corrected chi connectivity index (χ1v) is 6.21. The Morgan fingerprint density at radius 3 is 2.47 bits per heavy atom. The quantitative estimate of drug-likeness (QED) is 0.645. The molecule has 0 radical (unpaired) electrons. The second-order valence-electron chi connectivity index (χ2n) is 4.58. The molecule has 2 heteroatoms. The van der Waals surface area contributed by atoms with Gasteiger partial charge in [0.25, 0.3) is 0 Å². The zero-order valence-corrected chi connectivity index (χ0v) is 10.6. The van der Waals surface area contributed by atoms with Crippen LogP contribution in [-0.2, 0) is 0 Å². The van der Waals surface area contributed by atoms with E-state index >= 15 is 0 Å². The molecule has 1 heterocycles. The summed E-state index contributed by atoms with van der Waals surface area (Å²) in [5.74, 6) is -0.0307. The van der Waals surface area contributed by atoms with Crippen molar-refractivity contribution in [2.75, 3.05) is 0 Å². The summed E-state index contributed by atoms with van der Waals surface area (Å²) in [6.45, 7) is 2.00. The van der Waals surface area contributed by atoms with Crippen molar-refractivity contribution in [1.29, 1.82) is 0 Å². The van der Waals surface area contributed by atoms with Crippen LogP contribution in [0.15, 0.2) is 60.8 Å². The standard InChI is InChI=1S/C17H13NO/c1-12-6-8-14(9-7-12)17(19)16-15-5-3-2-4-13(15)10-11-18-16/h2-11H,1H3. The maximum atomic E-state index is 12.5. The highest BCUT2D eigenvalue weighted by Crippen LogP contribution is 2.19.